The first-order valence-electron chi connectivity index (χ1n) is 7.80. The first-order chi connectivity index (χ1) is 11.8. The average molecular weight is 366 g/mol. The van der Waals surface area contributed by atoms with Crippen LogP contribution in [0.1, 0.15) is 24.8 Å². The molecule has 2 aliphatic heterocycles. The maximum absolute atomic E-state index is 12.5. The molecule has 2 heterocycles. The molecule has 1 atom stereocenters. The molecule has 9 nitrogen and oxygen atoms in total. The van der Waals surface area contributed by atoms with Gasteiger partial charge in [-0.15, -0.1) is 0 Å². The van der Waals surface area contributed by atoms with Gasteiger partial charge in [0, 0.05) is 18.5 Å². The van der Waals surface area contributed by atoms with Crippen LogP contribution >= 0.6 is 0 Å². The smallest absolute Gasteiger partial charge is 0.266 e. The molecule has 0 spiro atoms. The number of hydrogen-bond acceptors (Lipinski definition) is 6. The van der Waals surface area contributed by atoms with Gasteiger partial charge < -0.3 is 15.9 Å². The Balaban J connectivity index is 1.68. The van der Waals surface area contributed by atoms with Crippen molar-refractivity contribution in [2.24, 2.45) is 10.9 Å². The number of rotatable bonds is 5. The van der Waals surface area contributed by atoms with Crippen molar-refractivity contribution in [1.82, 2.24) is 4.72 Å². The van der Waals surface area contributed by atoms with Gasteiger partial charge >= 0.3 is 0 Å². The molecular formula is C15H18N4O5S. The summed E-state index contributed by atoms with van der Waals surface area (Å²) in [5.41, 5.74) is 6.61. The quantitative estimate of drug-likeness (QED) is 0.666. The number of fused-ring (bicyclic) bond motifs is 1. The van der Waals surface area contributed by atoms with E-state index in [1.54, 1.807) is 12.1 Å². The summed E-state index contributed by atoms with van der Waals surface area (Å²) in [5.74, 6) is -0.755. The lowest BCUT2D eigenvalue weighted by molar-refractivity contribution is -0.116. The molecule has 10 heteroatoms. The highest BCUT2D eigenvalue weighted by Gasteiger charge is 2.27. The van der Waals surface area contributed by atoms with Crippen LogP contribution in [-0.4, -0.2) is 38.6 Å². The maximum atomic E-state index is 12.5. The summed E-state index contributed by atoms with van der Waals surface area (Å²) in [7, 11) is -3.75. The second-order valence-electron chi connectivity index (χ2n) is 5.91. The minimum absolute atomic E-state index is 0.0313. The lowest BCUT2D eigenvalue weighted by atomic mass is 10.1. The fourth-order valence-electron chi connectivity index (χ4n) is 2.69. The summed E-state index contributed by atoms with van der Waals surface area (Å²) in [6.45, 7) is -0.0313. The van der Waals surface area contributed by atoms with Crippen molar-refractivity contribution in [1.29, 1.82) is 0 Å². The van der Waals surface area contributed by atoms with Gasteiger partial charge in [0.2, 0.25) is 15.9 Å². The molecule has 0 bridgehead atoms. The van der Waals surface area contributed by atoms with Crippen molar-refractivity contribution < 1.29 is 22.8 Å². The van der Waals surface area contributed by atoms with E-state index in [1.807, 2.05) is 0 Å². The van der Waals surface area contributed by atoms with Crippen LogP contribution in [0, 0.1) is 0 Å². The van der Waals surface area contributed by atoms with Gasteiger partial charge in [-0.05, 0) is 36.6 Å². The van der Waals surface area contributed by atoms with E-state index in [4.69, 9.17) is 10.6 Å². The van der Waals surface area contributed by atoms with Gasteiger partial charge in [0.25, 0.3) is 5.91 Å². The number of aryl methyl sites for hydroxylation is 1. The van der Waals surface area contributed by atoms with Gasteiger partial charge in [0.1, 0.15) is 11.8 Å². The summed E-state index contributed by atoms with van der Waals surface area (Å²) in [5, 5.41) is 6.29. The fourth-order valence-corrected chi connectivity index (χ4v) is 3.80. The average Bonchev–Trinajstić information content (AvgIpc) is 2.96. The summed E-state index contributed by atoms with van der Waals surface area (Å²) in [4.78, 5) is 27.6. The molecule has 2 amide bonds. The van der Waals surface area contributed by atoms with Crippen LogP contribution in [0.15, 0.2) is 28.3 Å². The van der Waals surface area contributed by atoms with Gasteiger partial charge in [-0.2, -0.15) is 0 Å². The molecule has 3 rings (SSSR count). The third kappa shape index (κ3) is 3.97. The Morgan fingerprint density at radius 3 is 2.92 bits per heavy atom. The Labute approximate surface area is 144 Å². The van der Waals surface area contributed by atoms with Crippen LogP contribution in [0.25, 0.3) is 0 Å². The zero-order valence-electron chi connectivity index (χ0n) is 13.3. The van der Waals surface area contributed by atoms with Crippen LogP contribution in [0.2, 0.25) is 0 Å². The number of oxime groups is 1. The van der Waals surface area contributed by atoms with Gasteiger partial charge in [-0.1, -0.05) is 5.16 Å². The number of nitrogens with one attached hydrogen (secondary N) is 2. The minimum atomic E-state index is -3.75. The third-order valence-electron chi connectivity index (χ3n) is 4.03. The zero-order valence-corrected chi connectivity index (χ0v) is 14.1. The van der Waals surface area contributed by atoms with Crippen molar-refractivity contribution in [3.8, 4) is 0 Å². The number of nitrogens with two attached hydrogens (primary N) is 1. The molecule has 0 aromatic heterocycles. The summed E-state index contributed by atoms with van der Waals surface area (Å²) in [6, 6.07) is 4.59. The molecule has 0 saturated carbocycles. The Morgan fingerprint density at radius 2 is 2.20 bits per heavy atom. The summed E-state index contributed by atoms with van der Waals surface area (Å²) in [6.07, 6.45) is 1.29. The number of carbonyl (C=O) groups is 2. The second kappa shape index (κ2) is 6.81. The Bertz CT molecular complexity index is 849. The fraction of sp³-hybridized carbons (Fsp3) is 0.400. The molecule has 1 aromatic carbocycles. The topological polar surface area (TPSA) is 140 Å². The van der Waals surface area contributed by atoms with Crippen LogP contribution < -0.4 is 15.8 Å². The molecule has 2 aliphatic rings. The molecule has 1 aromatic rings. The Kier molecular flexibility index (Phi) is 4.73. The molecular weight excluding hydrogens is 348 g/mol. The number of nitrogens with zero attached hydrogens (tertiary/aromatic N) is 1. The van der Waals surface area contributed by atoms with E-state index in [9.17, 15) is 18.0 Å². The predicted molar refractivity (Wildman–Crippen MR) is 89.3 cm³/mol. The van der Waals surface area contributed by atoms with E-state index in [0.29, 0.717) is 24.9 Å². The lowest BCUT2D eigenvalue weighted by Gasteiger charge is -2.12. The molecule has 0 aliphatic carbocycles. The van der Waals surface area contributed by atoms with Crippen LogP contribution in [-0.2, 0) is 30.9 Å². The zero-order chi connectivity index (χ0) is 18.0. The van der Waals surface area contributed by atoms with Gasteiger partial charge in [-0.3, -0.25) is 9.59 Å². The van der Waals surface area contributed by atoms with Crippen LogP contribution in [0.3, 0.4) is 0 Å². The van der Waals surface area contributed by atoms with Crippen molar-refractivity contribution in [2.45, 2.75) is 36.7 Å². The maximum Gasteiger partial charge on any atom is 0.266 e. The molecule has 134 valence electrons. The molecule has 4 N–H and O–H groups in total. The highest BCUT2D eigenvalue weighted by molar-refractivity contribution is 7.89. The molecule has 25 heavy (non-hydrogen) atoms. The van der Waals surface area contributed by atoms with Crippen molar-refractivity contribution in [2.75, 3.05) is 11.9 Å². The van der Waals surface area contributed by atoms with E-state index in [0.717, 1.165) is 5.56 Å². The largest absolute Gasteiger partial charge is 0.390 e. The molecule has 0 unspecified atom stereocenters. The SMILES string of the molecule is NC(=O)C1=NO[C@H](CNS(=O)(=O)c2ccc3c(c2)CCCC(=O)N3)C1. The normalized spacial score (nSPS) is 20.1. The van der Waals surface area contributed by atoms with Crippen molar-refractivity contribution in [3.63, 3.8) is 0 Å². The number of anilines is 1. The van der Waals surface area contributed by atoms with E-state index < -0.39 is 22.0 Å². The Morgan fingerprint density at radius 1 is 1.40 bits per heavy atom. The van der Waals surface area contributed by atoms with E-state index >= 15 is 0 Å². The number of hydrogen-bond donors (Lipinski definition) is 3. The number of amides is 2. The van der Waals surface area contributed by atoms with Gasteiger partial charge in [-0.25, -0.2) is 13.1 Å². The number of primary amides is 1. The minimum Gasteiger partial charge on any atom is -0.390 e. The van der Waals surface area contributed by atoms with Crippen LogP contribution in [0.4, 0.5) is 5.69 Å². The number of sulfonamides is 1. The van der Waals surface area contributed by atoms with Crippen molar-refractivity contribution in [3.05, 3.63) is 23.8 Å². The molecule has 0 saturated heterocycles. The van der Waals surface area contributed by atoms with E-state index in [2.05, 4.69) is 15.2 Å². The highest BCUT2D eigenvalue weighted by Crippen LogP contribution is 2.25. The lowest BCUT2D eigenvalue weighted by Crippen LogP contribution is -2.33. The standard InChI is InChI=1S/C15H18N4O5S/c16-15(21)13-7-10(24-19-13)8-17-25(22,23)11-4-5-12-9(6-11)2-1-3-14(20)18-12/h4-6,10,17H,1-3,7-8H2,(H2,16,21)(H,18,20)/t10-/m0/s1. The number of benzene rings is 1. The monoisotopic (exact) mass is 366 g/mol. The first-order valence-corrected chi connectivity index (χ1v) is 9.28. The third-order valence-corrected chi connectivity index (χ3v) is 5.45. The first kappa shape index (κ1) is 17.4. The second-order valence-corrected chi connectivity index (χ2v) is 7.67. The van der Waals surface area contributed by atoms with E-state index in [-0.39, 0.29) is 29.5 Å². The summed E-state index contributed by atoms with van der Waals surface area (Å²) >= 11 is 0. The van der Waals surface area contributed by atoms with Crippen molar-refractivity contribution >= 4 is 33.2 Å². The Hall–Kier alpha value is -2.46. The number of carbonyl (C=O) groups excluding carboxylic acids is 2. The highest BCUT2D eigenvalue weighted by atomic mass is 32.2. The predicted octanol–water partition coefficient (Wildman–Crippen LogP) is -0.130. The van der Waals surface area contributed by atoms with Gasteiger partial charge in [0.15, 0.2) is 0 Å². The molecule has 0 radical (unpaired) electrons. The summed E-state index contributed by atoms with van der Waals surface area (Å²) < 4.78 is 27.4. The van der Waals surface area contributed by atoms with Crippen LogP contribution in [0.5, 0.6) is 0 Å². The van der Waals surface area contributed by atoms with Gasteiger partial charge in [0.05, 0.1) is 11.4 Å². The molecule has 0 fully saturated rings. The van der Waals surface area contributed by atoms with E-state index in [1.165, 1.54) is 6.07 Å².